The fourth-order valence-corrected chi connectivity index (χ4v) is 4.20. The Balaban J connectivity index is 1.48. The normalized spacial score (nSPS) is 13.2. The maximum atomic E-state index is 4.90. The van der Waals surface area contributed by atoms with Crippen molar-refractivity contribution in [2.24, 2.45) is 0 Å². The van der Waals surface area contributed by atoms with Crippen LogP contribution in [0.1, 0.15) is 42.3 Å². The fourth-order valence-electron chi connectivity index (χ4n) is 4.20. The van der Waals surface area contributed by atoms with Crippen LogP contribution in [0.3, 0.4) is 0 Å². The van der Waals surface area contributed by atoms with Crippen molar-refractivity contribution in [3.63, 3.8) is 0 Å². The molecule has 0 bridgehead atoms. The Hall–Kier alpha value is -3.34. The zero-order valence-corrected chi connectivity index (χ0v) is 17.3. The van der Waals surface area contributed by atoms with E-state index in [1.54, 1.807) is 6.20 Å². The van der Waals surface area contributed by atoms with Gasteiger partial charge in [-0.05, 0) is 67.5 Å². The lowest BCUT2D eigenvalue weighted by Crippen LogP contribution is -2.04. The smallest absolute Gasteiger partial charge is 0.133 e. The van der Waals surface area contributed by atoms with Gasteiger partial charge in [-0.25, -0.2) is 9.97 Å². The van der Waals surface area contributed by atoms with Gasteiger partial charge in [-0.2, -0.15) is 5.10 Å². The Labute approximate surface area is 176 Å². The highest BCUT2D eigenvalue weighted by molar-refractivity contribution is 5.78. The molecule has 0 radical (unpaired) electrons. The highest BCUT2D eigenvalue weighted by Gasteiger charge is 2.15. The summed E-state index contributed by atoms with van der Waals surface area (Å²) in [5.74, 6) is 0.838. The van der Waals surface area contributed by atoms with E-state index in [9.17, 15) is 0 Å². The lowest BCUT2D eigenvalue weighted by Gasteiger charge is -2.16. The first-order valence-corrected chi connectivity index (χ1v) is 10.7. The Bertz CT molecular complexity index is 1160. The topological polar surface area (TPSA) is 56.5 Å². The quantitative estimate of drug-likeness (QED) is 0.483. The van der Waals surface area contributed by atoms with Crippen molar-refractivity contribution in [2.45, 2.75) is 45.6 Å². The van der Waals surface area contributed by atoms with Crippen LogP contribution in [0, 0.1) is 0 Å². The monoisotopic (exact) mass is 395 g/mol. The molecule has 0 atom stereocenters. The number of benzene rings is 1. The van der Waals surface area contributed by atoms with Crippen molar-refractivity contribution in [1.82, 2.24) is 24.7 Å². The molecule has 0 amide bonds. The number of fused-ring (bicyclic) bond motifs is 1. The van der Waals surface area contributed by atoms with Gasteiger partial charge in [0.2, 0.25) is 0 Å². The lowest BCUT2D eigenvalue weighted by atomic mass is 9.90. The number of hydrogen-bond donors (Lipinski definition) is 0. The third kappa shape index (κ3) is 3.75. The molecule has 30 heavy (non-hydrogen) atoms. The molecule has 0 saturated carbocycles. The van der Waals surface area contributed by atoms with Gasteiger partial charge in [0.1, 0.15) is 11.5 Å². The van der Waals surface area contributed by atoms with E-state index in [2.05, 4.69) is 41.3 Å². The molecule has 0 saturated heterocycles. The second kappa shape index (κ2) is 8.19. The fraction of sp³-hybridized carbons (Fsp3) is 0.280. The van der Waals surface area contributed by atoms with Gasteiger partial charge >= 0.3 is 0 Å². The van der Waals surface area contributed by atoms with E-state index in [0.717, 1.165) is 41.3 Å². The molecule has 5 heteroatoms. The molecule has 0 N–H and O–H groups in total. The highest BCUT2D eigenvalue weighted by atomic mass is 15.3. The summed E-state index contributed by atoms with van der Waals surface area (Å²) in [5, 5.41) is 4.75. The first-order chi connectivity index (χ1) is 14.8. The molecule has 0 aliphatic heterocycles. The molecule has 1 aliphatic carbocycles. The highest BCUT2D eigenvalue weighted by Crippen LogP contribution is 2.30. The zero-order chi connectivity index (χ0) is 20.3. The maximum Gasteiger partial charge on any atom is 0.133 e. The first-order valence-electron chi connectivity index (χ1n) is 10.7. The average Bonchev–Trinajstić information content (AvgIpc) is 3.25. The third-order valence-corrected chi connectivity index (χ3v) is 5.78. The number of hydrogen-bond acceptors (Lipinski definition) is 4. The third-order valence-electron chi connectivity index (χ3n) is 5.78. The van der Waals surface area contributed by atoms with Gasteiger partial charge in [0, 0.05) is 48.9 Å². The molecule has 1 aromatic carbocycles. The van der Waals surface area contributed by atoms with Crippen molar-refractivity contribution >= 4 is 0 Å². The molecule has 3 aromatic heterocycles. The molecule has 5 nitrogen and oxygen atoms in total. The van der Waals surface area contributed by atoms with E-state index in [1.165, 1.54) is 42.4 Å². The van der Waals surface area contributed by atoms with E-state index in [-0.39, 0.29) is 0 Å². The maximum absolute atomic E-state index is 4.90. The molecular formula is C25H25N5. The Morgan fingerprint density at radius 3 is 2.73 bits per heavy atom. The molecule has 0 spiro atoms. The van der Waals surface area contributed by atoms with Crippen molar-refractivity contribution in [3.05, 3.63) is 83.7 Å². The van der Waals surface area contributed by atoms with E-state index < -0.39 is 0 Å². The molecular weight excluding hydrogens is 370 g/mol. The van der Waals surface area contributed by atoms with E-state index in [0.29, 0.717) is 0 Å². The summed E-state index contributed by atoms with van der Waals surface area (Å²) >= 11 is 0. The number of aromatic nitrogens is 5. The van der Waals surface area contributed by atoms with Crippen LogP contribution in [0.25, 0.3) is 22.5 Å². The van der Waals surface area contributed by atoms with Crippen LogP contribution in [0.4, 0.5) is 0 Å². The van der Waals surface area contributed by atoms with Gasteiger partial charge in [-0.15, -0.1) is 0 Å². The van der Waals surface area contributed by atoms with E-state index >= 15 is 0 Å². The van der Waals surface area contributed by atoms with E-state index in [4.69, 9.17) is 10.1 Å². The molecule has 5 rings (SSSR count). The molecule has 0 fully saturated rings. The van der Waals surface area contributed by atoms with Gasteiger partial charge < -0.3 is 0 Å². The average molecular weight is 396 g/mol. The van der Waals surface area contributed by atoms with Gasteiger partial charge in [0.15, 0.2) is 0 Å². The van der Waals surface area contributed by atoms with Gasteiger partial charge in [-0.3, -0.25) is 9.67 Å². The summed E-state index contributed by atoms with van der Waals surface area (Å²) < 4.78 is 1.95. The summed E-state index contributed by atoms with van der Waals surface area (Å²) in [6.45, 7) is 2.89. The Kier molecular flexibility index (Phi) is 5.10. The summed E-state index contributed by atoms with van der Waals surface area (Å²) in [6.07, 6.45) is 13.3. The minimum atomic E-state index is 0.741. The number of aryl methyl sites for hydroxylation is 3. The first kappa shape index (κ1) is 18.7. The summed E-state index contributed by atoms with van der Waals surface area (Å²) in [5.41, 5.74) is 8.10. The lowest BCUT2D eigenvalue weighted by molar-refractivity contribution is 0.662. The standard InChI is InChI=1S/C25H25N5/c1-2-30-17-22(25(29-30)21-8-5-12-26-16-21)23-11-13-27-24(28-23)15-18-9-10-19-6-3-4-7-20(19)14-18/h5,8-14,16-17H,2-4,6-7,15H2,1H3. The zero-order valence-electron chi connectivity index (χ0n) is 17.3. The van der Waals surface area contributed by atoms with Gasteiger partial charge in [0.25, 0.3) is 0 Å². The SMILES string of the molecule is CCn1cc(-c2ccnc(Cc3ccc4c(c3)CCCC4)n2)c(-c2cccnc2)n1. The Morgan fingerprint density at radius 1 is 1.00 bits per heavy atom. The molecule has 4 aromatic rings. The van der Waals surface area contributed by atoms with Gasteiger partial charge in [0.05, 0.1) is 5.69 Å². The number of rotatable bonds is 5. The van der Waals surface area contributed by atoms with Crippen molar-refractivity contribution in [1.29, 1.82) is 0 Å². The van der Waals surface area contributed by atoms with E-state index in [1.807, 2.05) is 35.3 Å². The number of pyridine rings is 1. The summed E-state index contributed by atoms with van der Waals surface area (Å²) in [6, 6.07) is 12.8. The van der Waals surface area contributed by atoms with Crippen LogP contribution in [-0.2, 0) is 25.8 Å². The predicted octanol–water partition coefficient (Wildman–Crippen LogP) is 4.89. The minimum Gasteiger partial charge on any atom is -0.272 e. The largest absolute Gasteiger partial charge is 0.272 e. The molecule has 3 heterocycles. The van der Waals surface area contributed by atoms with Gasteiger partial charge in [-0.1, -0.05) is 18.2 Å². The number of nitrogens with zero attached hydrogens (tertiary/aromatic N) is 5. The second-order valence-electron chi connectivity index (χ2n) is 7.83. The second-order valence-corrected chi connectivity index (χ2v) is 7.83. The summed E-state index contributed by atoms with van der Waals surface area (Å²) in [7, 11) is 0. The van der Waals surface area contributed by atoms with Crippen molar-refractivity contribution < 1.29 is 0 Å². The molecule has 0 unspecified atom stereocenters. The van der Waals surface area contributed by atoms with Crippen LogP contribution in [0.15, 0.2) is 61.2 Å². The minimum absolute atomic E-state index is 0.741. The van der Waals surface area contributed by atoms with Crippen molar-refractivity contribution in [3.8, 4) is 22.5 Å². The summed E-state index contributed by atoms with van der Waals surface area (Å²) in [4.78, 5) is 13.7. The van der Waals surface area contributed by atoms with Crippen LogP contribution < -0.4 is 0 Å². The van der Waals surface area contributed by atoms with Crippen molar-refractivity contribution in [2.75, 3.05) is 0 Å². The molecule has 1 aliphatic rings. The predicted molar refractivity (Wildman–Crippen MR) is 118 cm³/mol. The van der Waals surface area contributed by atoms with Crippen LogP contribution >= 0.6 is 0 Å². The Morgan fingerprint density at radius 2 is 1.90 bits per heavy atom. The van der Waals surface area contributed by atoms with Crippen LogP contribution in [-0.4, -0.2) is 24.7 Å². The van der Waals surface area contributed by atoms with Crippen LogP contribution in [0.5, 0.6) is 0 Å². The molecule has 150 valence electrons. The van der Waals surface area contributed by atoms with Crippen LogP contribution in [0.2, 0.25) is 0 Å².